The molecule has 0 saturated heterocycles. The molecule has 0 amide bonds. The maximum absolute atomic E-state index is 12.1. The number of carbonyl (C=O) groups excluding carboxylic acids is 1. The van der Waals surface area contributed by atoms with Gasteiger partial charge in [-0.05, 0) is 6.42 Å². The number of cyclic esters (lactones) is 1. The lowest BCUT2D eigenvalue weighted by atomic mass is 10.1. The molecule has 5 nitrogen and oxygen atoms in total. The van der Waals surface area contributed by atoms with Crippen LogP contribution in [0.25, 0.3) is 0 Å². The molecule has 0 unspecified atom stereocenters. The van der Waals surface area contributed by atoms with Crippen molar-refractivity contribution in [3.05, 3.63) is 17.7 Å². The minimum atomic E-state index is -0.989. The molecule has 0 aromatic heterocycles. The zero-order chi connectivity index (χ0) is 14.8. The van der Waals surface area contributed by atoms with Crippen molar-refractivity contribution >= 4 is 5.97 Å². The lowest BCUT2D eigenvalue weighted by Crippen LogP contribution is -2.39. The van der Waals surface area contributed by atoms with E-state index in [-0.39, 0.29) is 0 Å². The zero-order valence-corrected chi connectivity index (χ0v) is 12.3. The van der Waals surface area contributed by atoms with Gasteiger partial charge in [0.2, 0.25) is 5.79 Å². The van der Waals surface area contributed by atoms with Crippen molar-refractivity contribution in [3.8, 4) is 17.2 Å². The molecule has 0 bridgehead atoms. The van der Waals surface area contributed by atoms with Crippen molar-refractivity contribution in [2.75, 3.05) is 13.7 Å². The molecule has 0 aliphatic carbocycles. The number of carbonyl (C=O) groups is 1. The van der Waals surface area contributed by atoms with Gasteiger partial charge in [-0.2, -0.15) is 0 Å². The minimum absolute atomic E-state index is 0.321. The summed E-state index contributed by atoms with van der Waals surface area (Å²) in [6.45, 7) is 5.98. The highest BCUT2D eigenvalue weighted by Gasteiger charge is 2.36. The summed E-state index contributed by atoms with van der Waals surface area (Å²) in [6, 6.07) is 3.35. The molecule has 0 saturated carbocycles. The van der Waals surface area contributed by atoms with E-state index in [2.05, 4.69) is 6.92 Å². The monoisotopic (exact) mass is 280 g/mol. The molecule has 1 heterocycles. The second-order valence-corrected chi connectivity index (χ2v) is 5.09. The van der Waals surface area contributed by atoms with Crippen LogP contribution in [-0.2, 0) is 4.74 Å². The molecule has 2 rings (SSSR count). The van der Waals surface area contributed by atoms with Gasteiger partial charge < -0.3 is 18.9 Å². The fourth-order valence-corrected chi connectivity index (χ4v) is 1.97. The molecule has 1 aliphatic rings. The van der Waals surface area contributed by atoms with Gasteiger partial charge in [0.25, 0.3) is 0 Å². The summed E-state index contributed by atoms with van der Waals surface area (Å²) in [4.78, 5) is 12.1. The second-order valence-electron chi connectivity index (χ2n) is 5.09. The quantitative estimate of drug-likeness (QED) is 0.612. The summed E-state index contributed by atoms with van der Waals surface area (Å²) < 4.78 is 21.8. The van der Waals surface area contributed by atoms with E-state index in [4.69, 9.17) is 18.9 Å². The van der Waals surface area contributed by atoms with Gasteiger partial charge in [0.15, 0.2) is 0 Å². The molecule has 1 aromatic carbocycles. The average molecular weight is 280 g/mol. The Morgan fingerprint density at radius 3 is 2.65 bits per heavy atom. The highest BCUT2D eigenvalue weighted by molar-refractivity contribution is 5.97. The number of rotatable bonds is 5. The van der Waals surface area contributed by atoms with Gasteiger partial charge in [-0.1, -0.05) is 13.3 Å². The fraction of sp³-hybridized carbons (Fsp3) is 0.533. The van der Waals surface area contributed by atoms with E-state index in [1.165, 1.54) is 0 Å². The van der Waals surface area contributed by atoms with E-state index in [0.717, 1.165) is 12.8 Å². The van der Waals surface area contributed by atoms with E-state index < -0.39 is 11.8 Å². The molecule has 0 N–H and O–H groups in total. The third kappa shape index (κ3) is 2.98. The molecule has 0 spiro atoms. The van der Waals surface area contributed by atoms with E-state index in [1.807, 2.05) is 0 Å². The number of unbranched alkanes of at least 4 members (excludes halogenated alkanes) is 1. The highest BCUT2D eigenvalue weighted by Crippen LogP contribution is 2.40. The van der Waals surface area contributed by atoms with Gasteiger partial charge in [0, 0.05) is 26.0 Å². The number of hydrogen-bond donors (Lipinski definition) is 0. The lowest BCUT2D eigenvalue weighted by Gasteiger charge is -2.32. The van der Waals surface area contributed by atoms with Gasteiger partial charge in [-0.3, -0.25) is 0 Å². The van der Waals surface area contributed by atoms with Crippen LogP contribution in [0.3, 0.4) is 0 Å². The first kappa shape index (κ1) is 14.5. The van der Waals surface area contributed by atoms with Gasteiger partial charge in [0.05, 0.1) is 13.7 Å². The van der Waals surface area contributed by atoms with Crippen molar-refractivity contribution in [1.82, 2.24) is 0 Å². The Kier molecular flexibility index (Phi) is 4.06. The average Bonchev–Trinajstić information content (AvgIpc) is 2.36. The molecular formula is C15H20O5. The summed E-state index contributed by atoms with van der Waals surface area (Å²) >= 11 is 0. The second kappa shape index (κ2) is 5.61. The van der Waals surface area contributed by atoms with Gasteiger partial charge in [-0.25, -0.2) is 4.79 Å². The first-order valence-electron chi connectivity index (χ1n) is 6.74. The summed E-state index contributed by atoms with van der Waals surface area (Å²) in [5.74, 6) is 0.0217. The van der Waals surface area contributed by atoms with Crippen molar-refractivity contribution in [1.29, 1.82) is 0 Å². The molecular weight excluding hydrogens is 260 g/mol. The summed E-state index contributed by atoms with van der Waals surface area (Å²) in [5.41, 5.74) is 0.321. The number of fused-ring (bicyclic) bond motifs is 1. The maximum atomic E-state index is 12.1. The molecule has 0 fully saturated rings. The number of benzene rings is 1. The van der Waals surface area contributed by atoms with Crippen LogP contribution in [0.5, 0.6) is 17.2 Å². The molecule has 1 aliphatic heterocycles. The highest BCUT2D eigenvalue weighted by atomic mass is 16.7. The Bertz CT molecular complexity index is 507. The van der Waals surface area contributed by atoms with Crippen LogP contribution in [0.15, 0.2) is 12.1 Å². The van der Waals surface area contributed by atoms with Crippen LogP contribution in [0.2, 0.25) is 0 Å². The van der Waals surface area contributed by atoms with Crippen LogP contribution in [0.1, 0.15) is 44.0 Å². The van der Waals surface area contributed by atoms with E-state index in [0.29, 0.717) is 29.4 Å². The van der Waals surface area contributed by atoms with Crippen LogP contribution in [0.4, 0.5) is 0 Å². The van der Waals surface area contributed by atoms with E-state index >= 15 is 0 Å². The van der Waals surface area contributed by atoms with Crippen LogP contribution >= 0.6 is 0 Å². The lowest BCUT2D eigenvalue weighted by molar-refractivity contribution is -0.127. The van der Waals surface area contributed by atoms with E-state index in [1.54, 1.807) is 33.1 Å². The zero-order valence-electron chi connectivity index (χ0n) is 12.3. The van der Waals surface area contributed by atoms with Crippen molar-refractivity contribution < 1.29 is 23.7 Å². The standard InChI is InChI=1S/C15H20O5/c1-5-6-7-18-11-8-10(17-4)9-12-13(11)14(16)20-15(2,3)19-12/h8-9H,5-7H2,1-4H3. The molecule has 1 aromatic rings. The fourth-order valence-electron chi connectivity index (χ4n) is 1.97. The van der Waals surface area contributed by atoms with Gasteiger partial charge in [0.1, 0.15) is 22.8 Å². The topological polar surface area (TPSA) is 54.0 Å². The smallest absolute Gasteiger partial charge is 0.349 e. The molecule has 5 heteroatoms. The van der Waals surface area contributed by atoms with Crippen molar-refractivity contribution in [2.45, 2.75) is 39.4 Å². The first-order chi connectivity index (χ1) is 9.46. The predicted molar refractivity (Wildman–Crippen MR) is 73.5 cm³/mol. The Balaban J connectivity index is 2.39. The molecule has 0 atom stereocenters. The maximum Gasteiger partial charge on any atom is 0.349 e. The van der Waals surface area contributed by atoms with Crippen LogP contribution < -0.4 is 14.2 Å². The normalized spacial score (nSPS) is 15.9. The van der Waals surface area contributed by atoms with Gasteiger partial charge in [-0.15, -0.1) is 0 Å². The van der Waals surface area contributed by atoms with Gasteiger partial charge >= 0.3 is 5.97 Å². The molecule has 110 valence electrons. The SMILES string of the molecule is CCCCOc1cc(OC)cc2c1C(=O)OC(C)(C)O2. The Hall–Kier alpha value is -1.91. The first-order valence-corrected chi connectivity index (χ1v) is 6.74. The van der Waals surface area contributed by atoms with Crippen molar-refractivity contribution in [2.24, 2.45) is 0 Å². The molecule has 0 radical (unpaired) electrons. The third-order valence-electron chi connectivity index (χ3n) is 2.93. The minimum Gasteiger partial charge on any atom is -0.496 e. The Morgan fingerprint density at radius 1 is 1.25 bits per heavy atom. The Morgan fingerprint density at radius 2 is 2.00 bits per heavy atom. The molecule has 20 heavy (non-hydrogen) atoms. The summed E-state index contributed by atoms with van der Waals surface area (Å²) in [5, 5.41) is 0. The van der Waals surface area contributed by atoms with Crippen LogP contribution in [0, 0.1) is 0 Å². The largest absolute Gasteiger partial charge is 0.496 e. The number of methoxy groups -OCH3 is 1. The summed E-state index contributed by atoms with van der Waals surface area (Å²) in [6.07, 6.45) is 1.92. The Labute approximate surface area is 118 Å². The number of hydrogen-bond acceptors (Lipinski definition) is 5. The number of ether oxygens (including phenoxy) is 4. The third-order valence-corrected chi connectivity index (χ3v) is 2.93. The predicted octanol–water partition coefficient (Wildman–Crippen LogP) is 3.16. The van der Waals surface area contributed by atoms with Crippen LogP contribution in [-0.4, -0.2) is 25.5 Å². The number of esters is 1. The van der Waals surface area contributed by atoms with E-state index in [9.17, 15) is 4.79 Å². The summed E-state index contributed by atoms with van der Waals surface area (Å²) in [7, 11) is 1.56. The van der Waals surface area contributed by atoms with Crippen molar-refractivity contribution in [3.63, 3.8) is 0 Å².